The molecular formula is C17H18BrN3O2. The van der Waals surface area contributed by atoms with E-state index in [-0.39, 0.29) is 12.2 Å². The number of halogens is 1. The molecule has 0 bridgehead atoms. The number of nitrogens with one attached hydrogen (secondary N) is 1. The fraction of sp³-hybridized carbons (Fsp3) is 0.294. The van der Waals surface area contributed by atoms with Crippen LogP contribution in [0.5, 0.6) is 0 Å². The molecule has 0 aliphatic carbocycles. The van der Waals surface area contributed by atoms with Crippen LogP contribution < -0.4 is 5.56 Å². The molecule has 0 atom stereocenters. The number of aliphatic hydroxyl groups excluding tert-OH is 1. The first kappa shape index (κ1) is 16.0. The number of benzene rings is 1. The highest BCUT2D eigenvalue weighted by atomic mass is 79.9. The van der Waals surface area contributed by atoms with Crippen molar-refractivity contribution in [3.05, 3.63) is 55.5 Å². The normalized spacial score (nSPS) is 11.3. The lowest BCUT2D eigenvalue weighted by atomic mass is 10.0. The standard InChI is InChI=1S/C17H18BrN3O2/c1-9-8-12(18)4-5-13(9)15-11(3)20-21-16(15)19-10(2)14(6-7-22)17(21)23/h4-5,8,20,22H,6-7H2,1-3H3. The molecule has 0 aliphatic rings. The summed E-state index contributed by atoms with van der Waals surface area (Å²) in [5.41, 5.74) is 5.67. The predicted octanol–water partition coefficient (Wildman–Crippen LogP) is 2.91. The minimum absolute atomic E-state index is 0.0673. The Bertz CT molecular complexity index is 957. The number of fused-ring (bicyclic) bond motifs is 1. The third-order valence-electron chi connectivity index (χ3n) is 4.08. The van der Waals surface area contributed by atoms with Gasteiger partial charge in [-0.05, 0) is 44.0 Å². The third kappa shape index (κ3) is 2.62. The first-order valence-corrected chi connectivity index (χ1v) is 8.21. The van der Waals surface area contributed by atoms with Gasteiger partial charge in [0.05, 0.1) is 0 Å². The Morgan fingerprint density at radius 3 is 2.70 bits per heavy atom. The largest absolute Gasteiger partial charge is 0.396 e. The molecule has 0 saturated heterocycles. The van der Waals surface area contributed by atoms with Crippen molar-refractivity contribution in [3.8, 4) is 11.1 Å². The number of H-pyrrole nitrogens is 1. The molecule has 5 nitrogen and oxygen atoms in total. The van der Waals surface area contributed by atoms with E-state index in [0.717, 1.165) is 26.9 Å². The van der Waals surface area contributed by atoms with E-state index in [1.807, 2.05) is 39.0 Å². The molecule has 0 fully saturated rings. The summed E-state index contributed by atoms with van der Waals surface area (Å²) in [5, 5.41) is 12.3. The minimum Gasteiger partial charge on any atom is -0.396 e. The highest BCUT2D eigenvalue weighted by Gasteiger charge is 2.18. The van der Waals surface area contributed by atoms with Crippen molar-refractivity contribution in [2.75, 3.05) is 6.61 Å². The van der Waals surface area contributed by atoms with Crippen LogP contribution in [0.15, 0.2) is 27.5 Å². The molecule has 1 aromatic carbocycles. The number of hydrogen-bond donors (Lipinski definition) is 2. The maximum atomic E-state index is 12.6. The molecule has 0 unspecified atom stereocenters. The van der Waals surface area contributed by atoms with E-state index < -0.39 is 0 Å². The molecular weight excluding hydrogens is 358 g/mol. The van der Waals surface area contributed by atoms with E-state index in [1.54, 1.807) is 0 Å². The summed E-state index contributed by atoms with van der Waals surface area (Å²) in [6, 6.07) is 6.05. The highest BCUT2D eigenvalue weighted by Crippen LogP contribution is 2.31. The summed E-state index contributed by atoms with van der Waals surface area (Å²) in [6.07, 6.45) is 0.311. The van der Waals surface area contributed by atoms with Crippen LogP contribution in [0.4, 0.5) is 0 Å². The van der Waals surface area contributed by atoms with Crippen LogP contribution >= 0.6 is 15.9 Å². The monoisotopic (exact) mass is 375 g/mol. The molecule has 0 spiro atoms. The highest BCUT2D eigenvalue weighted by molar-refractivity contribution is 9.10. The van der Waals surface area contributed by atoms with Gasteiger partial charge in [0.2, 0.25) is 0 Å². The van der Waals surface area contributed by atoms with Gasteiger partial charge in [-0.3, -0.25) is 9.89 Å². The Hall–Kier alpha value is -1.92. The first-order chi connectivity index (χ1) is 10.9. The maximum absolute atomic E-state index is 12.6. The third-order valence-corrected chi connectivity index (χ3v) is 4.57. The molecule has 2 N–H and O–H groups in total. The van der Waals surface area contributed by atoms with Gasteiger partial charge in [-0.2, -0.15) is 0 Å². The second-order valence-corrected chi connectivity index (χ2v) is 6.60. The number of nitrogens with zero attached hydrogens (tertiary/aromatic N) is 2. The molecule has 2 heterocycles. The summed E-state index contributed by atoms with van der Waals surface area (Å²) in [6.45, 7) is 5.72. The van der Waals surface area contributed by atoms with Crippen molar-refractivity contribution >= 4 is 21.6 Å². The van der Waals surface area contributed by atoms with Crippen molar-refractivity contribution in [2.24, 2.45) is 0 Å². The SMILES string of the molecule is Cc1cc(Br)ccc1-c1c(C)[nH]n2c(=O)c(CCO)c(C)nc12. The van der Waals surface area contributed by atoms with Gasteiger partial charge in [0.25, 0.3) is 5.56 Å². The zero-order valence-corrected chi connectivity index (χ0v) is 14.9. The van der Waals surface area contributed by atoms with Crippen LogP contribution in [0.25, 0.3) is 16.8 Å². The van der Waals surface area contributed by atoms with Crippen molar-refractivity contribution in [2.45, 2.75) is 27.2 Å². The summed E-state index contributed by atoms with van der Waals surface area (Å²) >= 11 is 3.48. The molecule has 6 heteroatoms. The lowest BCUT2D eigenvalue weighted by molar-refractivity contribution is 0.298. The topological polar surface area (TPSA) is 70.4 Å². The number of rotatable bonds is 3. The minimum atomic E-state index is -0.148. The Morgan fingerprint density at radius 2 is 2.04 bits per heavy atom. The maximum Gasteiger partial charge on any atom is 0.276 e. The summed E-state index contributed by atoms with van der Waals surface area (Å²) in [7, 11) is 0. The zero-order valence-electron chi connectivity index (χ0n) is 13.3. The molecule has 3 aromatic rings. The van der Waals surface area contributed by atoms with E-state index in [9.17, 15) is 4.79 Å². The van der Waals surface area contributed by atoms with Crippen molar-refractivity contribution in [3.63, 3.8) is 0 Å². The second-order valence-electron chi connectivity index (χ2n) is 5.68. The van der Waals surface area contributed by atoms with E-state index in [2.05, 4.69) is 26.0 Å². The quantitative estimate of drug-likeness (QED) is 0.739. The lowest BCUT2D eigenvalue weighted by Crippen LogP contribution is -2.22. The Kier molecular flexibility index (Phi) is 4.12. The van der Waals surface area contributed by atoms with Gasteiger partial charge in [-0.25, -0.2) is 9.50 Å². The van der Waals surface area contributed by atoms with E-state index in [4.69, 9.17) is 5.11 Å². The smallest absolute Gasteiger partial charge is 0.276 e. The van der Waals surface area contributed by atoms with Gasteiger partial charge in [0.15, 0.2) is 5.65 Å². The second kappa shape index (κ2) is 5.94. The molecule has 0 radical (unpaired) electrons. The molecule has 120 valence electrons. The predicted molar refractivity (Wildman–Crippen MR) is 93.9 cm³/mol. The van der Waals surface area contributed by atoms with Gasteiger partial charge in [0, 0.05) is 40.0 Å². The van der Waals surface area contributed by atoms with Crippen molar-refractivity contribution in [1.82, 2.24) is 14.6 Å². The number of aryl methyl sites for hydroxylation is 3. The van der Waals surface area contributed by atoms with Gasteiger partial charge >= 0.3 is 0 Å². The Morgan fingerprint density at radius 1 is 1.30 bits per heavy atom. The lowest BCUT2D eigenvalue weighted by Gasteiger charge is -2.07. The van der Waals surface area contributed by atoms with E-state index in [0.29, 0.717) is 23.3 Å². The summed E-state index contributed by atoms with van der Waals surface area (Å²) < 4.78 is 2.49. The molecule has 0 amide bonds. The average Bonchev–Trinajstić information content (AvgIpc) is 2.80. The Labute approximate surface area is 142 Å². The van der Waals surface area contributed by atoms with Crippen LogP contribution in [0.2, 0.25) is 0 Å². The molecule has 3 rings (SSSR count). The molecule has 2 aromatic heterocycles. The van der Waals surface area contributed by atoms with Crippen LogP contribution in [0.1, 0.15) is 22.5 Å². The Balaban J connectivity index is 2.35. The average molecular weight is 376 g/mol. The van der Waals surface area contributed by atoms with Gasteiger partial charge in [-0.15, -0.1) is 0 Å². The van der Waals surface area contributed by atoms with E-state index >= 15 is 0 Å². The molecule has 0 saturated carbocycles. The van der Waals surface area contributed by atoms with Gasteiger partial charge in [0.1, 0.15) is 0 Å². The number of hydrogen-bond acceptors (Lipinski definition) is 3. The summed E-state index contributed by atoms with van der Waals surface area (Å²) in [5.74, 6) is 0. The van der Waals surface area contributed by atoms with Crippen LogP contribution in [0.3, 0.4) is 0 Å². The summed E-state index contributed by atoms with van der Waals surface area (Å²) in [4.78, 5) is 17.3. The number of aliphatic hydroxyl groups is 1. The van der Waals surface area contributed by atoms with Gasteiger partial charge in [-0.1, -0.05) is 22.0 Å². The molecule has 0 aliphatic heterocycles. The first-order valence-electron chi connectivity index (χ1n) is 7.42. The molecule has 23 heavy (non-hydrogen) atoms. The van der Waals surface area contributed by atoms with Crippen molar-refractivity contribution < 1.29 is 5.11 Å². The van der Waals surface area contributed by atoms with Gasteiger partial charge < -0.3 is 5.11 Å². The van der Waals surface area contributed by atoms with Crippen LogP contribution in [0, 0.1) is 20.8 Å². The number of aromatic nitrogens is 3. The van der Waals surface area contributed by atoms with Crippen molar-refractivity contribution in [1.29, 1.82) is 0 Å². The fourth-order valence-corrected chi connectivity index (χ4v) is 3.43. The zero-order chi connectivity index (χ0) is 16.7. The van der Waals surface area contributed by atoms with E-state index in [1.165, 1.54) is 4.52 Å². The van der Waals surface area contributed by atoms with Crippen LogP contribution in [-0.2, 0) is 6.42 Å². The fourth-order valence-electron chi connectivity index (χ4n) is 2.95. The number of aromatic amines is 1. The van der Waals surface area contributed by atoms with Crippen LogP contribution in [-0.4, -0.2) is 26.3 Å².